The van der Waals surface area contributed by atoms with Crippen LogP contribution in [0.3, 0.4) is 0 Å². The maximum Gasteiger partial charge on any atom is 0.119 e. The van der Waals surface area contributed by atoms with Crippen LogP contribution in [0.5, 0.6) is 5.75 Å². The molecule has 2 heteroatoms. The quantitative estimate of drug-likeness (QED) is 0.819. The molecular weight excluding hydrogens is 234 g/mol. The number of benzene rings is 1. The number of rotatable bonds is 3. The van der Waals surface area contributed by atoms with Gasteiger partial charge in [0.2, 0.25) is 0 Å². The topological polar surface area (TPSA) is 12.5 Å². The van der Waals surface area contributed by atoms with Crippen LogP contribution in [0, 0.1) is 0 Å². The van der Waals surface area contributed by atoms with Gasteiger partial charge in [-0.1, -0.05) is 39.3 Å². The number of hydrogen-bond donors (Lipinski definition) is 0. The van der Waals surface area contributed by atoms with Crippen molar-refractivity contribution in [2.45, 2.75) is 51.5 Å². The summed E-state index contributed by atoms with van der Waals surface area (Å²) < 4.78 is 6.01. The monoisotopic (exact) mass is 261 g/mol. The SMILES string of the molecule is CN1CCCCC1COc1cccc(C(C)(C)C)c1. The fourth-order valence-corrected chi connectivity index (χ4v) is 2.60. The summed E-state index contributed by atoms with van der Waals surface area (Å²) in [4.78, 5) is 2.43. The molecule has 1 saturated heterocycles. The normalized spacial score (nSPS) is 21.4. The van der Waals surface area contributed by atoms with Crippen molar-refractivity contribution in [3.63, 3.8) is 0 Å². The van der Waals surface area contributed by atoms with Gasteiger partial charge >= 0.3 is 0 Å². The van der Waals surface area contributed by atoms with E-state index in [9.17, 15) is 0 Å². The maximum absolute atomic E-state index is 6.01. The van der Waals surface area contributed by atoms with Crippen LogP contribution in [0.15, 0.2) is 24.3 Å². The van der Waals surface area contributed by atoms with Crippen molar-refractivity contribution in [3.8, 4) is 5.75 Å². The molecule has 0 N–H and O–H groups in total. The highest BCUT2D eigenvalue weighted by Gasteiger charge is 2.19. The first-order valence-corrected chi connectivity index (χ1v) is 7.40. The van der Waals surface area contributed by atoms with E-state index in [2.05, 4.69) is 57.0 Å². The van der Waals surface area contributed by atoms with E-state index < -0.39 is 0 Å². The lowest BCUT2D eigenvalue weighted by atomic mass is 9.87. The molecule has 1 fully saturated rings. The average Bonchev–Trinajstić information content (AvgIpc) is 2.37. The molecule has 1 aromatic rings. The minimum absolute atomic E-state index is 0.182. The van der Waals surface area contributed by atoms with Gasteiger partial charge in [0.05, 0.1) is 0 Å². The molecule has 1 aliphatic heterocycles. The Balaban J connectivity index is 1.96. The molecule has 0 saturated carbocycles. The summed E-state index contributed by atoms with van der Waals surface area (Å²) >= 11 is 0. The van der Waals surface area contributed by atoms with Crippen LogP contribution >= 0.6 is 0 Å². The summed E-state index contributed by atoms with van der Waals surface area (Å²) in [6, 6.07) is 9.10. The molecule has 106 valence electrons. The first-order valence-electron chi connectivity index (χ1n) is 7.40. The Kier molecular flexibility index (Phi) is 4.51. The zero-order valence-corrected chi connectivity index (χ0v) is 12.8. The molecule has 1 unspecified atom stereocenters. The number of piperidine rings is 1. The minimum atomic E-state index is 0.182. The number of hydrogen-bond acceptors (Lipinski definition) is 2. The lowest BCUT2D eigenvalue weighted by molar-refractivity contribution is 0.125. The maximum atomic E-state index is 6.01. The third-order valence-electron chi connectivity index (χ3n) is 4.06. The van der Waals surface area contributed by atoms with Crippen LogP contribution in [0.2, 0.25) is 0 Å². The summed E-state index contributed by atoms with van der Waals surface area (Å²) in [5, 5.41) is 0. The molecule has 0 bridgehead atoms. The Hall–Kier alpha value is -1.02. The van der Waals surface area contributed by atoms with E-state index in [4.69, 9.17) is 4.74 Å². The standard InChI is InChI=1S/C17H27NO/c1-17(2,3)14-8-7-10-16(12-14)19-13-15-9-5-6-11-18(15)4/h7-8,10,12,15H,5-6,9,11,13H2,1-4H3. The molecule has 1 heterocycles. The van der Waals surface area contributed by atoms with E-state index in [1.807, 2.05) is 0 Å². The fraction of sp³-hybridized carbons (Fsp3) is 0.647. The van der Waals surface area contributed by atoms with Crippen LogP contribution in [0.1, 0.15) is 45.6 Å². The Morgan fingerprint density at radius 1 is 1.26 bits per heavy atom. The molecule has 0 aliphatic carbocycles. The molecular formula is C17H27NO. The molecule has 0 spiro atoms. The van der Waals surface area contributed by atoms with E-state index in [0.717, 1.165) is 12.4 Å². The number of likely N-dealkylation sites (N-methyl/N-ethyl adjacent to an activating group) is 1. The van der Waals surface area contributed by atoms with Crippen molar-refractivity contribution in [2.75, 3.05) is 20.2 Å². The first-order chi connectivity index (χ1) is 8.97. The molecule has 1 atom stereocenters. The van der Waals surface area contributed by atoms with Crippen molar-refractivity contribution in [1.82, 2.24) is 4.90 Å². The van der Waals surface area contributed by atoms with Crippen molar-refractivity contribution in [3.05, 3.63) is 29.8 Å². The molecule has 0 amide bonds. The second kappa shape index (κ2) is 5.96. The van der Waals surface area contributed by atoms with Crippen molar-refractivity contribution < 1.29 is 4.74 Å². The molecule has 0 aromatic heterocycles. The second-order valence-corrected chi connectivity index (χ2v) is 6.72. The smallest absolute Gasteiger partial charge is 0.119 e. The Morgan fingerprint density at radius 3 is 2.74 bits per heavy atom. The van der Waals surface area contributed by atoms with E-state index in [1.165, 1.54) is 31.4 Å². The van der Waals surface area contributed by atoms with E-state index in [1.54, 1.807) is 0 Å². The van der Waals surface area contributed by atoms with Crippen molar-refractivity contribution >= 4 is 0 Å². The predicted molar refractivity (Wildman–Crippen MR) is 80.9 cm³/mol. The van der Waals surface area contributed by atoms with Crippen LogP contribution < -0.4 is 4.74 Å². The van der Waals surface area contributed by atoms with Gasteiger partial charge in [0.25, 0.3) is 0 Å². The minimum Gasteiger partial charge on any atom is -0.492 e. The summed E-state index contributed by atoms with van der Waals surface area (Å²) in [5.74, 6) is 1.01. The Bertz CT molecular complexity index is 408. The zero-order chi connectivity index (χ0) is 13.9. The molecule has 0 radical (unpaired) electrons. The summed E-state index contributed by atoms with van der Waals surface area (Å²) in [7, 11) is 2.21. The van der Waals surface area contributed by atoms with Gasteiger partial charge in [-0.05, 0) is 49.5 Å². The molecule has 2 rings (SSSR count). The number of nitrogens with zero attached hydrogens (tertiary/aromatic N) is 1. The number of likely N-dealkylation sites (tertiary alicyclic amines) is 1. The van der Waals surface area contributed by atoms with E-state index >= 15 is 0 Å². The highest BCUT2D eigenvalue weighted by Crippen LogP contribution is 2.26. The first kappa shape index (κ1) is 14.4. The summed E-state index contributed by atoms with van der Waals surface area (Å²) in [6.07, 6.45) is 3.92. The van der Waals surface area contributed by atoms with E-state index in [0.29, 0.717) is 6.04 Å². The summed E-state index contributed by atoms with van der Waals surface area (Å²) in [6.45, 7) is 8.73. The van der Waals surface area contributed by atoms with Crippen LogP contribution in [0.4, 0.5) is 0 Å². The van der Waals surface area contributed by atoms with Gasteiger partial charge in [-0.2, -0.15) is 0 Å². The summed E-state index contributed by atoms with van der Waals surface area (Å²) in [5.41, 5.74) is 1.52. The molecule has 19 heavy (non-hydrogen) atoms. The zero-order valence-electron chi connectivity index (χ0n) is 12.8. The Morgan fingerprint density at radius 2 is 2.05 bits per heavy atom. The highest BCUT2D eigenvalue weighted by atomic mass is 16.5. The number of ether oxygens (including phenoxy) is 1. The third kappa shape index (κ3) is 3.97. The second-order valence-electron chi connectivity index (χ2n) is 6.72. The van der Waals surface area contributed by atoms with Crippen molar-refractivity contribution in [1.29, 1.82) is 0 Å². The van der Waals surface area contributed by atoms with Gasteiger partial charge < -0.3 is 9.64 Å². The fourth-order valence-electron chi connectivity index (χ4n) is 2.60. The van der Waals surface area contributed by atoms with Gasteiger partial charge in [0.1, 0.15) is 12.4 Å². The van der Waals surface area contributed by atoms with Gasteiger partial charge in [0, 0.05) is 6.04 Å². The molecule has 1 aromatic carbocycles. The van der Waals surface area contributed by atoms with Gasteiger partial charge in [-0.25, -0.2) is 0 Å². The predicted octanol–water partition coefficient (Wildman–Crippen LogP) is 3.85. The van der Waals surface area contributed by atoms with Gasteiger partial charge in [0.15, 0.2) is 0 Å². The largest absolute Gasteiger partial charge is 0.492 e. The van der Waals surface area contributed by atoms with Gasteiger partial charge in [-0.3, -0.25) is 0 Å². The van der Waals surface area contributed by atoms with Crippen molar-refractivity contribution in [2.24, 2.45) is 0 Å². The van der Waals surface area contributed by atoms with E-state index in [-0.39, 0.29) is 5.41 Å². The molecule has 1 aliphatic rings. The Labute approximate surface area is 117 Å². The highest BCUT2D eigenvalue weighted by molar-refractivity contribution is 5.32. The lowest BCUT2D eigenvalue weighted by Crippen LogP contribution is -2.40. The molecule has 2 nitrogen and oxygen atoms in total. The van der Waals surface area contributed by atoms with Gasteiger partial charge in [-0.15, -0.1) is 0 Å². The van der Waals surface area contributed by atoms with Crippen LogP contribution in [-0.4, -0.2) is 31.1 Å². The third-order valence-corrected chi connectivity index (χ3v) is 4.06. The average molecular weight is 261 g/mol. The van der Waals surface area contributed by atoms with Crippen LogP contribution in [-0.2, 0) is 5.41 Å². The van der Waals surface area contributed by atoms with Crippen LogP contribution in [0.25, 0.3) is 0 Å². The lowest BCUT2D eigenvalue weighted by Gasteiger charge is -2.32.